The van der Waals surface area contributed by atoms with Gasteiger partial charge in [-0.3, -0.25) is 4.79 Å². The van der Waals surface area contributed by atoms with Crippen molar-refractivity contribution in [2.45, 2.75) is 13.0 Å². The average molecular weight is 362 g/mol. The van der Waals surface area contributed by atoms with Gasteiger partial charge >= 0.3 is 0 Å². The Kier molecular flexibility index (Phi) is 6.35. The van der Waals surface area contributed by atoms with Crippen molar-refractivity contribution in [3.8, 4) is 5.75 Å². The van der Waals surface area contributed by atoms with Crippen LogP contribution in [0.15, 0.2) is 66.9 Å². The van der Waals surface area contributed by atoms with Crippen molar-refractivity contribution in [1.29, 1.82) is 0 Å². The van der Waals surface area contributed by atoms with E-state index in [0.29, 0.717) is 24.7 Å². The van der Waals surface area contributed by atoms with Crippen molar-refractivity contribution in [1.82, 2.24) is 15.3 Å². The molecule has 0 aliphatic rings. The Morgan fingerprint density at radius 1 is 1.00 bits per heavy atom. The fourth-order valence-corrected chi connectivity index (χ4v) is 2.55. The first-order chi connectivity index (χ1) is 13.2. The molecule has 0 unspecified atom stereocenters. The first kappa shape index (κ1) is 18.4. The number of nitrogens with one attached hydrogen (secondary N) is 2. The lowest BCUT2D eigenvalue weighted by Gasteiger charge is -2.08. The maximum Gasteiger partial charge on any atom is 0.270 e. The standard InChI is InChI=1S/C21H22N4O2/c1-27-18-9-7-17(8-10-18)15-24-21-23-14-12-19(25-21)20(26)22-13-11-16-5-3-2-4-6-16/h2-10,12,14H,11,13,15H2,1H3,(H,22,26)(H,23,24,25). The van der Waals surface area contributed by atoms with Crippen LogP contribution in [0.25, 0.3) is 0 Å². The molecule has 3 aromatic rings. The Labute approximate surface area is 158 Å². The topological polar surface area (TPSA) is 76.1 Å². The van der Waals surface area contributed by atoms with E-state index in [-0.39, 0.29) is 5.91 Å². The van der Waals surface area contributed by atoms with E-state index >= 15 is 0 Å². The van der Waals surface area contributed by atoms with Crippen LogP contribution in [0.1, 0.15) is 21.6 Å². The number of hydrogen-bond donors (Lipinski definition) is 2. The lowest BCUT2D eigenvalue weighted by molar-refractivity contribution is 0.0949. The van der Waals surface area contributed by atoms with Gasteiger partial charge in [-0.15, -0.1) is 0 Å². The highest BCUT2D eigenvalue weighted by atomic mass is 16.5. The summed E-state index contributed by atoms with van der Waals surface area (Å²) in [4.78, 5) is 20.7. The van der Waals surface area contributed by atoms with Gasteiger partial charge in [-0.2, -0.15) is 0 Å². The average Bonchev–Trinajstić information content (AvgIpc) is 2.73. The summed E-state index contributed by atoms with van der Waals surface area (Å²) < 4.78 is 5.14. The van der Waals surface area contributed by atoms with E-state index in [1.54, 1.807) is 19.4 Å². The van der Waals surface area contributed by atoms with E-state index in [0.717, 1.165) is 17.7 Å². The predicted molar refractivity (Wildman–Crippen MR) is 105 cm³/mol. The summed E-state index contributed by atoms with van der Waals surface area (Å²) in [7, 11) is 1.64. The summed E-state index contributed by atoms with van der Waals surface area (Å²) in [6, 6.07) is 19.4. The number of carbonyl (C=O) groups excluding carboxylic acids is 1. The molecule has 3 rings (SSSR count). The van der Waals surface area contributed by atoms with E-state index in [2.05, 4.69) is 20.6 Å². The number of aromatic nitrogens is 2. The fraction of sp³-hybridized carbons (Fsp3) is 0.190. The van der Waals surface area contributed by atoms with Crippen molar-refractivity contribution in [3.05, 3.63) is 83.7 Å². The zero-order chi connectivity index (χ0) is 18.9. The number of anilines is 1. The summed E-state index contributed by atoms with van der Waals surface area (Å²) >= 11 is 0. The number of amides is 1. The monoisotopic (exact) mass is 362 g/mol. The van der Waals surface area contributed by atoms with Gasteiger partial charge in [0.15, 0.2) is 0 Å². The highest BCUT2D eigenvalue weighted by molar-refractivity contribution is 5.92. The Hall–Kier alpha value is -3.41. The first-order valence-corrected chi connectivity index (χ1v) is 8.76. The molecule has 27 heavy (non-hydrogen) atoms. The van der Waals surface area contributed by atoms with Crippen LogP contribution in [0.5, 0.6) is 5.75 Å². The SMILES string of the molecule is COc1ccc(CNc2nccc(C(=O)NCCc3ccccc3)n2)cc1. The molecule has 1 heterocycles. The van der Waals surface area contributed by atoms with Crippen molar-refractivity contribution >= 4 is 11.9 Å². The second-order valence-corrected chi connectivity index (χ2v) is 5.96. The fourth-order valence-electron chi connectivity index (χ4n) is 2.55. The summed E-state index contributed by atoms with van der Waals surface area (Å²) in [6.07, 6.45) is 2.36. The number of ether oxygens (including phenoxy) is 1. The minimum absolute atomic E-state index is 0.208. The smallest absolute Gasteiger partial charge is 0.270 e. The Balaban J connectivity index is 1.51. The molecule has 138 valence electrons. The maximum atomic E-state index is 12.3. The lowest BCUT2D eigenvalue weighted by atomic mass is 10.1. The van der Waals surface area contributed by atoms with E-state index in [9.17, 15) is 4.79 Å². The van der Waals surface area contributed by atoms with Gasteiger partial charge in [-0.1, -0.05) is 42.5 Å². The van der Waals surface area contributed by atoms with Crippen molar-refractivity contribution in [3.63, 3.8) is 0 Å². The van der Waals surface area contributed by atoms with Crippen molar-refractivity contribution in [2.24, 2.45) is 0 Å². The molecule has 2 N–H and O–H groups in total. The van der Waals surface area contributed by atoms with Crippen LogP contribution < -0.4 is 15.4 Å². The summed E-state index contributed by atoms with van der Waals surface area (Å²) in [5.41, 5.74) is 2.59. The van der Waals surface area contributed by atoms with E-state index in [4.69, 9.17) is 4.74 Å². The Morgan fingerprint density at radius 3 is 2.52 bits per heavy atom. The predicted octanol–water partition coefficient (Wildman–Crippen LogP) is 3.07. The van der Waals surface area contributed by atoms with Crippen LogP contribution in [0, 0.1) is 0 Å². The van der Waals surface area contributed by atoms with Gasteiger partial charge in [0.2, 0.25) is 5.95 Å². The summed E-state index contributed by atoms with van der Waals surface area (Å²) in [5.74, 6) is 1.02. The number of benzene rings is 2. The highest BCUT2D eigenvalue weighted by Gasteiger charge is 2.08. The Morgan fingerprint density at radius 2 is 1.78 bits per heavy atom. The molecule has 0 radical (unpaired) electrons. The molecule has 0 fully saturated rings. The van der Waals surface area contributed by atoms with Crippen LogP contribution in [-0.2, 0) is 13.0 Å². The molecule has 2 aromatic carbocycles. The first-order valence-electron chi connectivity index (χ1n) is 8.76. The quantitative estimate of drug-likeness (QED) is 0.644. The van der Waals surface area contributed by atoms with Gasteiger partial charge in [-0.25, -0.2) is 9.97 Å². The van der Waals surface area contributed by atoms with Crippen molar-refractivity contribution < 1.29 is 9.53 Å². The Bertz CT molecular complexity index is 867. The van der Waals surface area contributed by atoms with Gasteiger partial charge in [-0.05, 0) is 35.7 Å². The van der Waals surface area contributed by atoms with Gasteiger partial charge in [0.25, 0.3) is 5.91 Å². The van der Waals surface area contributed by atoms with E-state index in [1.807, 2.05) is 54.6 Å². The maximum absolute atomic E-state index is 12.3. The molecule has 0 atom stereocenters. The number of carbonyl (C=O) groups is 1. The summed E-state index contributed by atoms with van der Waals surface area (Å²) in [5, 5.41) is 6.02. The molecule has 0 saturated heterocycles. The number of hydrogen-bond acceptors (Lipinski definition) is 5. The third-order valence-corrected chi connectivity index (χ3v) is 4.04. The highest BCUT2D eigenvalue weighted by Crippen LogP contribution is 2.12. The van der Waals surface area contributed by atoms with E-state index in [1.165, 1.54) is 5.56 Å². The molecule has 1 amide bonds. The number of methoxy groups -OCH3 is 1. The molecular weight excluding hydrogens is 340 g/mol. The van der Waals surface area contributed by atoms with Crippen molar-refractivity contribution in [2.75, 3.05) is 19.0 Å². The number of rotatable bonds is 8. The molecule has 6 heteroatoms. The number of nitrogens with zero attached hydrogens (tertiary/aromatic N) is 2. The zero-order valence-electron chi connectivity index (χ0n) is 15.2. The van der Waals surface area contributed by atoms with Gasteiger partial charge in [0.05, 0.1) is 7.11 Å². The molecule has 0 aliphatic carbocycles. The van der Waals surface area contributed by atoms with Crippen LogP contribution in [0.3, 0.4) is 0 Å². The van der Waals surface area contributed by atoms with Gasteiger partial charge in [0, 0.05) is 19.3 Å². The largest absolute Gasteiger partial charge is 0.497 e. The molecular formula is C21H22N4O2. The van der Waals surface area contributed by atoms with Gasteiger partial charge in [0.1, 0.15) is 11.4 Å². The van der Waals surface area contributed by atoms with Crippen LogP contribution in [0.2, 0.25) is 0 Å². The van der Waals surface area contributed by atoms with Crippen LogP contribution in [-0.4, -0.2) is 29.5 Å². The van der Waals surface area contributed by atoms with Gasteiger partial charge < -0.3 is 15.4 Å². The third kappa shape index (κ3) is 5.54. The summed E-state index contributed by atoms with van der Waals surface area (Å²) in [6.45, 7) is 1.12. The molecule has 0 bridgehead atoms. The zero-order valence-corrected chi connectivity index (χ0v) is 15.2. The lowest BCUT2D eigenvalue weighted by Crippen LogP contribution is -2.26. The molecule has 0 spiro atoms. The van der Waals surface area contributed by atoms with Crippen LogP contribution >= 0.6 is 0 Å². The normalized spacial score (nSPS) is 10.3. The second-order valence-electron chi connectivity index (χ2n) is 5.96. The molecule has 0 saturated carbocycles. The molecule has 1 aromatic heterocycles. The van der Waals surface area contributed by atoms with Crippen LogP contribution in [0.4, 0.5) is 5.95 Å². The molecule has 6 nitrogen and oxygen atoms in total. The van der Waals surface area contributed by atoms with E-state index < -0.39 is 0 Å². The second kappa shape index (κ2) is 9.33. The third-order valence-electron chi connectivity index (χ3n) is 4.04. The minimum Gasteiger partial charge on any atom is -0.497 e. The minimum atomic E-state index is -0.208. The molecule has 0 aliphatic heterocycles.